The van der Waals surface area contributed by atoms with Crippen LogP contribution in [0.5, 0.6) is 17.4 Å². The molecule has 0 spiro atoms. The van der Waals surface area contributed by atoms with Crippen LogP contribution in [0.25, 0.3) is 0 Å². The maximum absolute atomic E-state index is 12.3. The number of anilines is 3. The summed E-state index contributed by atoms with van der Waals surface area (Å²) in [7, 11) is 2.92. The first-order valence-corrected chi connectivity index (χ1v) is 9.25. The van der Waals surface area contributed by atoms with E-state index in [9.17, 15) is 4.79 Å². The van der Waals surface area contributed by atoms with Crippen LogP contribution in [-0.4, -0.2) is 36.4 Å². The molecule has 4 N–H and O–H groups in total. The molecule has 3 aromatic rings. The fourth-order valence-electron chi connectivity index (χ4n) is 2.50. The Labute approximate surface area is 183 Å². The van der Waals surface area contributed by atoms with Gasteiger partial charge < -0.3 is 30.7 Å². The van der Waals surface area contributed by atoms with E-state index < -0.39 is 6.03 Å². The molecular formula is C20H19ClN6O4. The number of methoxy groups -OCH3 is 1. The zero-order valence-electron chi connectivity index (χ0n) is 16.6. The molecule has 0 atom stereocenters. The molecule has 1 aromatic heterocycles. The van der Waals surface area contributed by atoms with Crippen LogP contribution in [0.15, 0.2) is 53.9 Å². The summed E-state index contributed by atoms with van der Waals surface area (Å²) < 4.78 is 11.0. The minimum atomic E-state index is -0.485. The highest BCUT2D eigenvalue weighted by Crippen LogP contribution is 2.31. The molecule has 1 heterocycles. The Morgan fingerprint density at radius 2 is 1.90 bits per heavy atom. The van der Waals surface area contributed by atoms with E-state index in [0.29, 0.717) is 28.4 Å². The predicted octanol–water partition coefficient (Wildman–Crippen LogP) is 4.14. The van der Waals surface area contributed by atoms with Crippen molar-refractivity contribution < 1.29 is 19.1 Å². The van der Waals surface area contributed by atoms with E-state index >= 15 is 0 Å². The molecule has 0 fully saturated rings. The summed E-state index contributed by atoms with van der Waals surface area (Å²) in [5, 5.41) is 9.29. The minimum Gasteiger partial charge on any atom is -0.495 e. The highest BCUT2D eigenvalue weighted by Gasteiger charge is 2.13. The fourth-order valence-corrected chi connectivity index (χ4v) is 2.71. The molecule has 0 aliphatic carbocycles. The molecule has 0 aliphatic heterocycles. The molecule has 10 nitrogen and oxygen atoms in total. The van der Waals surface area contributed by atoms with Crippen molar-refractivity contribution >= 4 is 41.0 Å². The van der Waals surface area contributed by atoms with Gasteiger partial charge in [-0.05, 0) is 24.3 Å². The number of halogens is 1. The van der Waals surface area contributed by atoms with Crippen LogP contribution in [0.1, 0.15) is 5.56 Å². The maximum atomic E-state index is 12.3. The van der Waals surface area contributed by atoms with E-state index in [2.05, 4.69) is 30.6 Å². The SMILES string of the molecule is CON=Cc1c(N)ncnc1Oc1ccc(NC(=O)Nc2ccccc2OC)c(Cl)c1. The van der Waals surface area contributed by atoms with Crippen LogP contribution in [0, 0.1) is 0 Å². The van der Waals surface area contributed by atoms with Crippen molar-refractivity contribution in [3.8, 4) is 17.4 Å². The molecule has 0 saturated heterocycles. The van der Waals surface area contributed by atoms with Gasteiger partial charge in [-0.2, -0.15) is 0 Å². The number of carbonyl (C=O) groups excluding carboxylic acids is 1. The van der Waals surface area contributed by atoms with Crippen LogP contribution in [-0.2, 0) is 4.84 Å². The Balaban J connectivity index is 1.73. The van der Waals surface area contributed by atoms with Crippen LogP contribution >= 0.6 is 11.6 Å². The van der Waals surface area contributed by atoms with Gasteiger partial charge in [0.1, 0.15) is 36.3 Å². The number of hydrogen-bond acceptors (Lipinski definition) is 8. The van der Waals surface area contributed by atoms with Crippen molar-refractivity contribution in [2.45, 2.75) is 0 Å². The second kappa shape index (κ2) is 10.1. The molecule has 160 valence electrons. The summed E-state index contributed by atoms with van der Waals surface area (Å²) in [6.07, 6.45) is 2.60. The van der Waals surface area contributed by atoms with Gasteiger partial charge in [0.05, 0.1) is 29.7 Å². The topological polar surface area (TPSA) is 133 Å². The third kappa shape index (κ3) is 5.52. The Hall–Kier alpha value is -4.05. The van der Waals surface area contributed by atoms with E-state index in [0.717, 1.165) is 0 Å². The molecule has 31 heavy (non-hydrogen) atoms. The molecule has 0 aliphatic rings. The first-order valence-electron chi connectivity index (χ1n) is 8.87. The highest BCUT2D eigenvalue weighted by molar-refractivity contribution is 6.34. The number of nitrogens with zero attached hydrogens (tertiary/aromatic N) is 3. The number of benzene rings is 2. The normalized spacial score (nSPS) is 10.5. The Kier molecular flexibility index (Phi) is 7.07. The van der Waals surface area contributed by atoms with Gasteiger partial charge in [0, 0.05) is 6.07 Å². The van der Waals surface area contributed by atoms with Gasteiger partial charge in [-0.3, -0.25) is 0 Å². The lowest BCUT2D eigenvalue weighted by molar-refractivity contribution is 0.215. The number of urea groups is 1. The van der Waals surface area contributed by atoms with E-state index in [4.69, 9.17) is 26.8 Å². The number of carbonyl (C=O) groups is 1. The Morgan fingerprint density at radius 1 is 1.13 bits per heavy atom. The molecule has 0 unspecified atom stereocenters. The van der Waals surface area contributed by atoms with Crippen LogP contribution in [0.2, 0.25) is 5.02 Å². The van der Waals surface area contributed by atoms with Gasteiger partial charge in [0.15, 0.2) is 0 Å². The van der Waals surface area contributed by atoms with Gasteiger partial charge in [-0.1, -0.05) is 28.9 Å². The first kappa shape index (κ1) is 21.7. The second-order valence-corrected chi connectivity index (χ2v) is 6.33. The molecular weight excluding hydrogens is 424 g/mol. The molecule has 3 rings (SSSR count). The van der Waals surface area contributed by atoms with Crippen molar-refractivity contribution in [3.05, 3.63) is 59.4 Å². The first-order chi connectivity index (χ1) is 15.0. The standard InChI is InChI=1S/C20H19ClN6O4/c1-29-17-6-4-3-5-16(17)27-20(28)26-15-8-7-12(9-14(15)21)31-19-13(10-25-30-2)18(22)23-11-24-19/h3-11H,1-2H3,(H2,22,23,24)(H2,26,27,28). The smallest absolute Gasteiger partial charge is 0.323 e. The molecule has 2 amide bonds. The van der Waals surface area contributed by atoms with Gasteiger partial charge in [0.25, 0.3) is 0 Å². The summed E-state index contributed by atoms with van der Waals surface area (Å²) >= 11 is 6.30. The van der Waals surface area contributed by atoms with Gasteiger partial charge in [0.2, 0.25) is 5.88 Å². The average molecular weight is 443 g/mol. The number of rotatable bonds is 7. The third-order valence-corrected chi connectivity index (χ3v) is 4.24. The number of nitrogens with two attached hydrogens (primary N) is 1. The number of hydrogen-bond donors (Lipinski definition) is 3. The van der Waals surface area contributed by atoms with Crippen LogP contribution < -0.4 is 25.8 Å². The number of ether oxygens (including phenoxy) is 2. The largest absolute Gasteiger partial charge is 0.495 e. The number of amides is 2. The molecule has 0 radical (unpaired) electrons. The van der Waals surface area contributed by atoms with Crippen molar-refractivity contribution in [2.75, 3.05) is 30.6 Å². The summed E-state index contributed by atoms with van der Waals surface area (Å²) in [5.41, 5.74) is 7.09. The number of para-hydroxylation sites is 2. The zero-order chi connectivity index (χ0) is 22.2. The highest BCUT2D eigenvalue weighted by atomic mass is 35.5. The lowest BCUT2D eigenvalue weighted by Crippen LogP contribution is -2.20. The lowest BCUT2D eigenvalue weighted by atomic mass is 10.3. The van der Waals surface area contributed by atoms with Crippen molar-refractivity contribution in [3.63, 3.8) is 0 Å². The minimum absolute atomic E-state index is 0.166. The van der Waals surface area contributed by atoms with Crippen molar-refractivity contribution in [1.29, 1.82) is 0 Å². The fraction of sp³-hybridized carbons (Fsp3) is 0.100. The molecule has 11 heteroatoms. The molecule has 0 saturated carbocycles. The summed E-state index contributed by atoms with van der Waals surface area (Å²) in [4.78, 5) is 25.0. The van der Waals surface area contributed by atoms with E-state index in [1.165, 1.54) is 32.8 Å². The van der Waals surface area contributed by atoms with E-state index in [-0.39, 0.29) is 16.7 Å². The quantitative estimate of drug-likeness (QED) is 0.370. The summed E-state index contributed by atoms with van der Waals surface area (Å²) in [6.45, 7) is 0. The van der Waals surface area contributed by atoms with E-state index in [1.54, 1.807) is 36.4 Å². The van der Waals surface area contributed by atoms with Gasteiger partial charge in [-0.15, -0.1) is 0 Å². The Bertz CT molecular complexity index is 1110. The van der Waals surface area contributed by atoms with Crippen molar-refractivity contribution in [2.24, 2.45) is 5.16 Å². The second-order valence-electron chi connectivity index (χ2n) is 5.92. The van der Waals surface area contributed by atoms with Crippen LogP contribution in [0.4, 0.5) is 22.0 Å². The summed E-state index contributed by atoms with van der Waals surface area (Å²) in [5.74, 6) is 1.23. The monoisotopic (exact) mass is 442 g/mol. The van der Waals surface area contributed by atoms with Gasteiger partial charge >= 0.3 is 6.03 Å². The number of aromatic nitrogens is 2. The number of nitrogens with one attached hydrogen (secondary N) is 2. The Morgan fingerprint density at radius 3 is 2.65 bits per heavy atom. The van der Waals surface area contributed by atoms with E-state index in [1.807, 2.05) is 0 Å². The number of oxime groups is 1. The predicted molar refractivity (Wildman–Crippen MR) is 118 cm³/mol. The maximum Gasteiger partial charge on any atom is 0.323 e. The van der Waals surface area contributed by atoms with Gasteiger partial charge in [-0.25, -0.2) is 14.8 Å². The zero-order valence-corrected chi connectivity index (χ0v) is 17.4. The lowest BCUT2D eigenvalue weighted by Gasteiger charge is -2.13. The summed E-state index contributed by atoms with van der Waals surface area (Å²) in [6, 6.07) is 11.3. The van der Waals surface area contributed by atoms with Crippen molar-refractivity contribution in [1.82, 2.24) is 9.97 Å². The third-order valence-electron chi connectivity index (χ3n) is 3.92. The van der Waals surface area contributed by atoms with Crippen LogP contribution in [0.3, 0.4) is 0 Å². The number of nitrogen functional groups attached to an aromatic ring is 1. The molecule has 2 aromatic carbocycles. The average Bonchev–Trinajstić information content (AvgIpc) is 2.75. The molecule has 0 bridgehead atoms.